The fraction of sp³-hybridized carbons (Fsp3) is 0.400. The van der Waals surface area contributed by atoms with E-state index in [4.69, 9.17) is 9.47 Å². The van der Waals surface area contributed by atoms with E-state index in [1.165, 1.54) is 6.07 Å². The van der Waals surface area contributed by atoms with Crippen LogP contribution >= 0.6 is 0 Å². The van der Waals surface area contributed by atoms with E-state index in [1.807, 2.05) is 0 Å². The average Bonchev–Trinajstić information content (AvgIpc) is 2.23. The van der Waals surface area contributed by atoms with Crippen LogP contribution in [0, 0.1) is 5.82 Å². The highest BCUT2D eigenvalue weighted by Crippen LogP contribution is 2.35. The first-order chi connectivity index (χ1) is 6.83. The molecule has 0 spiro atoms. The zero-order chi connectivity index (χ0) is 9.97. The maximum Gasteiger partial charge on any atom is 0.168 e. The van der Waals surface area contributed by atoms with Crippen molar-refractivity contribution in [3.8, 4) is 11.5 Å². The Morgan fingerprint density at radius 2 is 2.14 bits per heavy atom. The van der Waals surface area contributed by atoms with Crippen molar-refractivity contribution in [1.29, 1.82) is 0 Å². The lowest BCUT2D eigenvalue weighted by Crippen LogP contribution is -2.19. The summed E-state index contributed by atoms with van der Waals surface area (Å²) in [5, 5.41) is 2.90. The molecule has 1 aromatic rings. The first kappa shape index (κ1) is 9.27. The average molecular weight is 197 g/mol. The van der Waals surface area contributed by atoms with Crippen LogP contribution in [0.4, 0.5) is 4.39 Å². The molecule has 14 heavy (non-hydrogen) atoms. The van der Waals surface area contributed by atoms with E-state index in [0.717, 1.165) is 0 Å². The summed E-state index contributed by atoms with van der Waals surface area (Å²) in [6, 6.07) is 3.00. The van der Waals surface area contributed by atoms with Gasteiger partial charge in [-0.05, 0) is 19.2 Å². The van der Waals surface area contributed by atoms with Crippen LogP contribution in [0.2, 0.25) is 0 Å². The van der Waals surface area contributed by atoms with Gasteiger partial charge >= 0.3 is 0 Å². The smallest absolute Gasteiger partial charge is 0.168 e. The first-order valence-corrected chi connectivity index (χ1v) is 4.54. The molecule has 0 bridgehead atoms. The number of ether oxygens (including phenoxy) is 2. The summed E-state index contributed by atoms with van der Waals surface area (Å²) in [5.41, 5.74) is 0.532. The third-order valence-corrected chi connectivity index (χ3v) is 2.11. The largest absolute Gasteiger partial charge is 0.486 e. The predicted octanol–water partition coefficient (Wildman–Crippen LogP) is 1.32. The Bertz CT molecular complexity index is 341. The van der Waals surface area contributed by atoms with Gasteiger partial charge in [0.1, 0.15) is 19.0 Å². The number of nitrogens with one attached hydrogen (secondary N) is 1. The molecule has 1 aromatic carbocycles. The Morgan fingerprint density at radius 1 is 1.36 bits per heavy atom. The zero-order valence-corrected chi connectivity index (χ0v) is 7.97. The van der Waals surface area contributed by atoms with Gasteiger partial charge in [0.25, 0.3) is 0 Å². The molecule has 76 valence electrons. The summed E-state index contributed by atoms with van der Waals surface area (Å²) in [5.74, 6) is 0.900. The summed E-state index contributed by atoms with van der Waals surface area (Å²) in [4.78, 5) is 0. The van der Waals surface area contributed by atoms with Gasteiger partial charge in [0, 0.05) is 12.1 Å². The van der Waals surface area contributed by atoms with E-state index in [0.29, 0.717) is 36.8 Å². The minimum Gasteiger partial charge on any atom is -0.486 e. The molecular formula is C10H12FNO2. The lowest BCUT2D eigenvalue weighted by molar-refractivity contribution is 0.168. The Morgan fingerprint density at radius 3 is 2.93 bits per heavy atom. The van der Waals surface area contributed by atoms with Crippen LogP contribution in [0.3, 0.4) is 0 Å². The van der Waals surface area contributed by atoms with Gasteiger partial charge < -0.3 is 14.8 Å². The second-order valence-corrected chi connectivity index (χ2v) is 3.08. The molecule has 0 atom stereocenters. The van der Waals surface area contributed by atoms with Gasteiger partial charge in [0.05, 0.1) is 0 Å². The molecule has 0 saturated heterocycles. The van der Waals surface area contributed by atoms with Crippen molar-refractivity contribution < 1.29 is 13.9 Å². The number of fused-ring (bicyclic) bond motifs is 1. The van der Waals surface area contributed by atoms with Crippen LogP contribution in [-0.2, 0) is 6.54 Å². The fourth-order valence-electron chi connectivity index (χ4n) is 1.49. The lowest BCUT2D eigenvalue weighted by atomic mass is 10.1. The topological polar surface area (TPSA) is 30.5 Å². The summed E-state index contributed by atoms with van der Waals surface area (Å²) < 4.78 is 24.1. The van der Waals surface area contributed by atoms with Crippen molar-refractivity contribution in [2.45, 2.75) is 6.54 Å². The third kappa shape index (κ3) is 1.53. The predicted molar refractivity (Wildman–Crippen MR) is 50.2 cm³/mol. The molecular weight excluding hydrogens is 185 g/mol. The second kappa shape index (κ2) is 3.84. The molecule has 0 fully saturated rings. The molecule has 0 amide bonds. The van der Waals surface area contributed by atoms with E-state index in [1.54, 1.807) is 13.1 Å². The highest BCUT2D eigenvalue weighted by Gasteiger charge is 2.18. The molecule has 0 saturated carbocycles. The van der Waals surface area contributed by atoms with E-state index in [9.17, 15) is 4.39 Å². The molecule has 3 nitrogen and oxygen atoms in total. The van der Waals surface area contributed by atoms with E-state index in [-0.39, 0.29) is 5.82 Å². The molecule has 1 aliphatic heterocycles. The first-order valence-electron chi connectivity index (χ1n) is 4.54. The maximum absolute atomic E-state index is 13.4. The standard InChI is InChI=1S/C10H12FNO2/c1-12-6-7-8(11)2-3-9-10(7)14-5-4-13-9/h2-3,12H,4-6H2,1H3. The molecule has 0 radical (unpaired) electrons. The highest BCUT2D eigenvalue weighted by molar-refractivity contribution is 5.48. The zero-order valence-electron chi connectivity index (χ0n) is 7.97. The van der Waals surface area contributed by atoms with Crippen LogP contribution in [0.15, 0.2) is 12.1 Å². The van der Waals surface area contributed by atoms with Gasteiger partial charge in [-0.1, -0.05) is 0 Å². The number of benzene rings is 1. The number of rotatable bonds is 2. The Hall–Kier alpha value is -1.29. The van der Waals surface area contributed by atoms with Crippen molar-refractivity contribution >= 4 is 0 Å². The van der Waals surface area contributed by atoms with Crippen LogP contribution < -0.4 is 14.8 Å². The summed E-state index contributed by atoms with van der Waals surface area (Å²) >= 11 is 0. The molecule has 2 rings (SSSR count). The number of hydrogen-bond donors (Lipinski definition) is 1. The Labute approximate surface area is 81.8 Å². The SMILES string of the molecule is CNCc1c(F)ccc2c1OCCO2. The molecule has 0 aromatic heterocycles. The van der Waals surface area contributed by atoms with Gasteiger partial charge in [-0.3, -0.25) is 0 Å². The van der Waals surface area contributed by atoms with Gasteiger partial charge in [-0.2, -0.15) is 0 Å². The Kier molecular flexibility index (Phi) is 2.54. The normalized spacial score (nSPS) is 14.1. The molecule has 1 N–H and O–H groups in total. The van der Waals surface area contributed by atoms with Crippen molar-refractivity contribution in [1.82, 2.24) is 5.32 Å². The van der Waals surface area contributed by atoms with Crippen molar-refractivity contribution in [2.75, 3.05) is 20.3 Å². The van der Waals surface area contributed by atoms with Gasteiger partial charge in [-0.25, -0.2) is 4.39 Å². The van der Waals surface area contributed by atoms with Crippen molar-refractivity contribution in [3.05, 3.63) is 23.5 Å². The lowest BCUT2D eigenvalue weighted by Gasteiger charge is -2.21. The van der Waals surface area contributed by atoms with Crippen molar-refractivity contribution in [3.63, 3.8) is 0 Å². The van der Waals surface area contributed by atoms with Gasteiger partial charge in [0.15, 0.2) is 11.5 Å². The minimum atomic E-state index is -0.261. The minimum absolute atomic E-state index is 0.261. The monoisotopic (exact) mass is 197 g/mol. The van der Waals surface area contributed by atoms with E-state index in [2.05, 4.69) is 5.32 Å². The molecule has 1 aliphatic rings. The van der Waals surface area contributed by atoms with E-state index >= 15 is 0 Å². The molecule has 0 unspecified atom stereocenters. The maximum atomic E-state index is 13.4. The van der Waals surface area contributed by atoms with Gasteiger partial charge in [-0.15, -0.1) is 0 Å². The summed E-state index contributed by atoms with van der Waals surface area (Å²) in [7, 11) is 1.77. The summed E-state index contributed by atoms with van der Waals surface area (Å²) in [6.07, 6.45) is 0. The Balaban J connectivity index is 2.43. The second-order valence-electron chi connectivity index (χ2n) is 3.08. The molecule has 4 heteroatoms. The van der Waals surface area contributed by atoms with Crippen LogP contribution in [0.5, 0.6) is 11.5 Å². The highest BCUT2D eigenvalue weighted by atomic mass is 19.1. The third-order valence-electron chi connectivity index (χ3n) is 2.11. The summed E-state index contributed by atoms with van der Waals surface area (Å²) in [6.45, 7) is 1.45. The number of hydrogen-bond acceptors (Lipinski definition) is 3. The van der Waals surface area contributed by atoms with E-state index < -0.39 is 0 Å². The van der Waals surface area contributed by atoms with Crippen LogP contribution in [0.25, 0.3) is 0 Å². The van der Waals surface area contributed by atoms with Crippen LogP contribution in [-0.4, -0.2) is 20.3 Å². The van der Waals surface area contributed by atoms with Gasteiger partial charge in [0.2, 0.25) is 0 Å². The number of halogens is 1. The van der Waals surface area contributed by atoms with Crippen molar-refractivity contribution in [2.24, 2.45) is 0 Å². The molecule has 0 aliphatic carbocycles. The molecule has 1 heterocycles. The van der Waals surface area contributed by atoms with Crippen LogP contribution in [0.1, 0.15) is 5.56 Å². The quantitative estimate of drug-likeness (QED) is 0.775. The fourth-order valence-corrected chi connectivity index (χ4v) is 1.49.